The molecule has 4 aromatic rings. The van der Waals surface area contributed by atoms with E-state index in [4.69, 9.17) is 18.9 Å². The first-order chi connectivity index (χ1) is 25.0. The summed E-state index contributed by atoms with van der Waals surface area (Å²) in [5.74, 6) is 5.35. The lowest BCUT2D eigenvalue weighted by Gasteiger charge is -2.37. The summed E-state index contributed by atoms with van der Waals surface area (Å²) in [6.45, 7) is 14.3. The second kappa shape index (κ2) is 16.4. The van der Waals surface area contributed by atoms with Crippen LogP contribution in [0.5, 0.6) is 11.5 Å². The van der Waals surface area contributed by atoms with Crippen LogP contribution in [-0.2, 0) is 14.9 Å². The van der Waals surface area contributed by atoms with Gasteiger partial charge >= 0.3 is 0 Å². The van der Waals surface area contributed by atoms with Crippen LogP contribution >= 0.6 is 0 Å². The van der Waals surface area contributed by atoms with Gasteiger partial charge in [0.15, 0.2) is 0 Å². The molecule has 0 bridgehead atoms. The summed E-state index contributed by atoms with van der Waals surface area (Å²) in [7, 11) is 0. The van der Waals surface area contributed by atoms with E-state index in [0.717, 1.165) is 51.1 Å². The van der Waals surface area contributed by atoms with Crippen molar-refractivity contribution in [2.24, 2.45) is 35.5 Å². The van der Waals surface area contributed by atoms with Gasteiger partial charge in [-0.05, 0) is 69.5 Å². The smallest absolute Gasteiger partial charge is 0.119 e. The first-order valence-corrected chi connectivity index (χ1v) is 19.9. The van der Waals surface area contributed by atoms with Crippen LogP contribution in [-0.4, -0.2) is 39.6 Å². The molecule has 0 aromatic heterocycles. The Morgan fingerprint density at radius 1 is 0.569 bits per heavy atom. The van der Waals surface area contributed by atoms with Gasteiger partial charge in [0, 0.05) is 23.7 Å². The lowest BCUT2D eigenvalue weighted by molar-refractivity contribution is -0.0816. The molecule has 4 heteroatoms. The molecule has 3 aliphatic rings. The van der Waals surface area contributed by atoms with Crippen molar-refractivity contribution < 1.29 is 18.9 Å². The van der Waals surface area contributed by atoms with Crippen LogP contribution in [0.4, 0.5) is 0 Å². The minimum Gasteiger partial charge on any atom is -0.493 e. The number of ether oxygens (including phenoxy) is 4. The highest BCUT2D eigenvalue weighted by Crippen LogP contribution is 2.56. The average Bonchev–Trinajstić information content (AvgIpc) is 3.43. The van der Waals surface area contributed by atoms with Crippen LogP contribution in [0.1, 0.15) is 88.5 Å². The molecule has 1 aliphatic carbocycles. The largest absolute Gasteiger partial charge is 0.493 e. The summed E-state index contributed by atoms with van der Waals surface area (Å²) in [5.41, 5.74) is 7.27. The van der Waals surface area contributed by atoms with Crippen LogP contribution in [0.25, 0.3) is 11.1 Å². The molecule has 4 atom stereocenters. The van der Waals surface area contributed by atoms with Crippen molar-refractivity contribution in [3.05, 3.63) is 119 Å². The molecule has 4 nitrogen and oxygen atoms in total. The third-order valence-electron chi connectivity index (χ3n) is 12.4. The van der Waals surface area contributed by atoms with E-state index in [1.807, 2.05) is 0 Å². The third kappa shape index (κ3) is 7.24. The van der Waals surface area contributed by atoms with E-state index in [-0.39, 0.29) is 0 Å². The Morgan fingerprint density at radius 2 is 0.961 bits per heavy atom. The second-order valence-corrected chi connectivity index (χ2v) is 15.7. The van der Waals surface area contributed by atoms with Crippen LogP contribution in [0.3, 0.4) is 0 Å². The van der Waals surface area contributed by atoms with Crippen molar-refractivity contribution in [3.8, 4) is 22.6 Å². The molecule has 0 N–H and O–H groups in total. The van der Waals surface area contributed by atoms with Gasteiger partial charge in [0.25, 0.3) is 0 Å². The minimum atomic E-state index is -0.453. The van der Waals surface area contributed by atoms with Crippen molar-refractivity contribution in [2.75, 3.05) is 39.6 Å². The maximum atomic E-state index is 6.57. The highest BCUT2D eigenvalue weighted by atomic mass is 16.5. The Balaban J connectivity index is 1.17. The Morgan fingerprint density at radius 3 is 1.31 bits per heavy atom. The number of unbranched alkanes of at least 4 members (excludes halogenated alkanes) is 2. The second-order valence-electron chi connectivity index (χ2n) is 15.7. The van der Waals surface area contributed by atoms with Gasteiger partial charge in [-0.2, -0.15) is 0 Å². The Labute approximate surface area is 306 Å². The predicted molar refractivity (Wildman–Crippen MR) is 208 cm³/mol. The summed E-state index contributed by atoms with van der Waals surface area (Å²) in [5, 5.41) is 0. The van der Waals surface area contributed by atoms with Gasteiger partial charge in [0.05, 0.1) is 45.1 Å². The molecule has 4 aromatic carbocycles. The third-order valence-corrected chi connectivity index (χ3v) is 12.4. The highest BCUT2D eigenvalue weighted by molar-refractivity contribution is 5.86. The van der Waals surface area contributed by atoms with Gasteiger partial charge < -0.3 is 18.9 Å². The molecule has 2 aliphatic heterocycles. The summed E-state index contributed by atoms with van der Waals surface area (Å²) in [6.07, 6.45) is 7.51. The van der Waals surface area contributed by atoms with E-state index in [1.54, 1.807) is 0 Å². The molecule has 2 saturated heterocycles. The first kappa shape index (κ1) is 35.8. The zero-order valence-electron chi connectivity index (χ0n) is 31.3. The first-order valence-electron chi connectivity index (χ1n) is 19.9. The molecule has 51 heavy (non-hydrogen) atoms. The predicted octanol–water partition coefficient (Wildman–Crippen LogP) is 11.0. The van der Waals surface area contributed by atoms with E-state index in [9.17, 15) is 0 Å². The van der Waals surface area contributed by atoms with E-state index >= 15 is 0 Å². The van der Waals surface area contributed by atoms with E-state index in [1.165, 1.54) is 71.9 Å². The van der Waals surface area contributed by atoms with Crippen molar-refractivity contribution in [1.29, 1.82) is 0 Å². The summed E-state index contributed by atoms with van der Waals surface area (Å²) >= 11 is 0. The van der Waals surface area contributed by atoms with Crippen LogP contribution in [0, 0.1) is 35.5 Å². The quantitative estimate of drug-likeness (QED) is 0.0919. The van der Waals surface area contributed by atoms with Gasteiger partial charge in [-0.3, -0.25) is 0 Å². The standard InChI is InChI=1S/C47H58O4/c1-5-7-13-33(3)43(35-27-48-28-35)31-50-39-23-19-37(20-24-39)47(45-17-11-9-15-41(45)42-16-10-12-18-46(42)47)38-21-25-40(26-22-38)51-32-44(36-29-49-30-36)34(4)14-8-6-2/h9-12,15-26,33-36,43-44H,5-8,13-14,27-32H2,1-4H3. The molecule has 2 heterocycles. The van der Waals surface area contributed by atoms with Crippen molar-refractivity contribution in [2.45, 2.75) is 71.6 Å². The minimum absolute atomic E-state index is 0.453. The lowest BCUT2D eigenvalue weighted by Crippen LogP contribution is -2.40. The van der Waals surface area contributed by atoms with Crippen molar-refractivity contribution >= 4 is 0 Å². The molecule has 270 valence electrons. The zero-order valence-corrected chi connectivity index (χ0v) is 31.3. The Hall–Kier alpha value is -3.60. The van der Waals surface area contributed by atoms with E-state index in [2.05, 4.69) is 125 Å². The summed E-state index contributed by atoms with van der Waals surface area (Å²) < 4.78 is 24.4. The Bertz CT molecular complexity index is 1560. The lowest BCUT2D eigenvalue weighted by atomic mass is 9.68. The fourth-order valence-corrected chi connectivity index (χ4v) is 9.02. The monoisotopic (exact) mass is 686 g/mol. The maximum absolute atomic E-state index is 6.57. The molecule has 0 saturated carbocycles. The summed E-state index contributed by atoms with van der Waals surface area (Å²) in [6, 6.07) is 35.8. The fraction of sp³-hybridized carbons (Fsp3) is 0.489. The van der Waals surface area contributed by atoms with Crippen LogP contribution in [0.2, 0.25) is 0 Å². The van der Waals surface area contributed by atoms with E-state index in [0.29, 0.717) is 35.5 Å². The highest BCUT2D eigenvalue weighted by Gasteiger charge is 2.46. The molecule has 0 radical (unpaired) electrons. The number of hydrogen-bond donors (Lipinski definition) is 0. The van der Waals surface area contributed by atoms with Gasteiger partial charge in [0.1, 0.15) is 11.5 Å². The van der Waals surface area contributed by atoms with E-state index < -0.39 is 5.41 Å². The van der Waals surface area contributed by atoms with Crippen LogP contribution in [0.15, 0.2) is 97.1 Å². The molecular weight excluding hydrogens is 629 g/mol. The topological polar surface area (TPSA) is 36.9 Å². The zero-order chi connectivity index (χ0) is 35.2. The van der Waals surface area contributed by atoms with Crippen molar-refractivity contribution in [1.82, 2.24) is 0 Å². The molecule has 0 spiro atoms. The van der Waals surface area contributed by atoms with Gasteiger partial charge in [-0.1, -0.05) is 139 Å². The molecule has 7 rings (SSSR count). The normalized spacial score (nSPS) is 18.8. The summed E-state index contributed by atoms with van der Waals surface area (Å²) in [4.78, 5) is 0. The number of rotatable bonds is 18. The molecule has 2 fully saturated rings. The van der Waals surface area contributed by atoms with Crippen molar-refractivity contribution in [3.63, 3.8) is 0 Å². The fourth-order valence-electron chi connectivity index (χ4n) is 9.02. The van der Waals surface area contributed by atoms with Gasteiger partial charge in [-0.25, -0.2) is 0 Å². The van der Waals surface area contributed by atoms with Crippen LogP contribution < -0.4 is 9.47 Å². The maximum Gasteiger partial charge on any atom is 0.119 e. The molecule has 4 unspecified atom stereocenters. The van der Waals surface area contributed by atoms with Gasteiger partial charge in [0.2, 0.25) is 0 Å². The Kier molecular flexibility index (Phi) is 11.5. The SMILES string of the molecule is CCCCC(C)C(COc1ccc(C2(c3ccc(OCC(C(C)CCCC)C4COC4)cc3)c3ccccc3-c3ccccc32)cc1)C1COC1. The molecular formula is C47H58O4. The number of hydrogen-bond acceptors (Lipinski definition) is 4. The molecule has 0 amide bonds. The average molecular weight is 687 g/mol. The van der Waals surface area contributed by atoms with Gasteiger partial charge in [-0.15, -0.1) is 0 Å². The number of benzene rings is 4. The number of fused-ring (bicyclic) bond motifs is 3.